The van der Waals surface area contributed by atoms with Crippen LogP contribution in [0.1, 0.15) is 21.5 Å². The summed E-state index contributed by atoms with van der Waals surface area (Å²) in [4.78, 5) is 12.0. The van der Waals surface area contributed by atoms with Gasteiger partial charge in [0.2, 0.25) is 5.82 Å². The van der Waals surface area contributed by atoms with Crippen molar-refractivity contribution in [2.45, 2.75) is 13.5 Å². The fraction of sp³-hybridized carbons (Fsp3) is 0.125. The Hall–Kier alpha value is -3.02. The van der Waals surface area contributed by atoms with E-state index >= 15 is 0 Å². The van der Waals surface area contributed by atoms with Gasteiger partial charge in [-0.3, -0.25) is 0 Å². The number of hydrogen-bond donors (Lipinski definition) is 1. The first-order valence-electron chi connectivity index (χ1n) is 6.79. The molecule has 6 heteroatoms. The molecule has 1 aromatic heterocycles. The van der Waals surface area contributed by atoms with Crippen LogP contribution < -0.4 is 0 Å². The number of rotatable bonds is 4. The highest BCUT2D eigenvalue weighted by Crippen LogP contribution is 2.15. The highest BCUT2D eigenvalue weighted by molar-refractivity contribution is 5.89. The summed E-state index contributed by atoms with van der Waals surface area (Å²) in [5, 5.41) is 13.6. The van der Waals surface area contributed by atoms with E-state index in [0.717, 1.165) is 11.1 Å². The second kappa shape index (κ2) is 6.17. The topological polar surface area (TPSA) is 80.8 Å². The van der Waals surface area contributed by atoms with Crippen LogP contribution in [0.4, 0.5) is 0 Å². The summed E-state index contributed by atoms with van der Waals surface area (Å²) in [6, 6.07) is 14.8. The molecule has 0 aliphatic carbocycles. The molecule has 0 fully saturated rings. The molecule has 0 aliphatic rings. The van der Waals surface area contributed by atoms with Crippen molar-refractivity contribution in [1.82, 2.24) is 20.6 Å². The van der Waals surface area contributed by atoms with Crippen molar-refractivity contribution >= 4 is 5.97 Å². The molecule has 2 aromatic carbocycles. The average Bonchev–Trinajstić information content (AvgIpc) is 3.09. The number of H-pyrrole nitrogens is 1. The molecule has 0 radical (unpaired) electrons. The summed E-state index contributed by atoms with van der Waals surface area (Å²) < 4.78 is 5.30. The van der Waals surface area contributed by atoms with E-state index < -0.39 is 0 Å². The minimum absolute atomic E-state index is 0.256. The van der Waals surface area contributed by atoms with Crippen LogP contribution in [0.15, 0.2) is 48.5 Å². The van der Waals surface area contributed by atoms with Crippen LogP contribution in [0, 0.1) is 6.92 Å². The highest BCUT2D eigenvalue weighted by Gasteiger charge is 2.09. The number of aromatic nitrogens is 4. The van der Waals surface area contributed by atoms with Gasteiger partial charge in [-0.15, -0.1) is 10.2 Å². The molecule has 0 aliphatic heterocycles. The number of ether oxygens (including phenoxy) is 1. The molecule has 22 heavy (non-hydrogen) atoms. The van der Waals surface area contributed by atoms with Crippen LogP contribution in [0.25, 0.3) is 11.4 Å². The molecule has 0 bridgehead atoms. The zero-order valence-electron chi connectivity index (χ0n) is 12.0. The van der Waals surface area contributed by atoms with E-state index in [0.29, 0.717) is 11.4 Å². The van der Waals surface area contributed by atoms with Crippen molar-refractivity contribution in [3.05, 3.63) is 65.2 Å². The molecule has 1 heterocycles. The lowest BCUT2D eigenvalue weighted by molar-refractivity contribution is 0.0473. The molecule has 0 amide bonds. The van der Waals surface area contributed by atoms with E-state index in [4.69, 9.17) is 4.74 Å². The van der Waals surface area contributed by atoms with Gasteiger partial charge < -0.3 is 4.74 Å². The average molecular weight is 294 g/mol. The summed E-state index contributed by atoms with van der Waals surface area (Å²) in [7, 11) is 0. The first kappa shape index (κ1) is 13.9. The lowest BCUT2D eigenvalue weighted by atomic mass is 10.1. The number of tetrazole rings is 1. The van der Waals surface area contributed by atoms with Crippen molar-refractivity contribution in [1.29, 1.82) is 0 Å². The SMILES string of the molecule is Cc1ccc(COC(=O)c2ccc(-c3nn[nH]n3)cc2)cc1. The van der Waals surface area contributed by atoms with Gasteiger partial charge in [0.05, 0.1) is 5.56 Å². The van der Waals surface area contributed by atoms with Crippen LogP contribution in [0.3, 0.4) is 0 Å². The molecule has 0 unspecified atom stereocenters. The van der Waals surface area contributed by atoms with E-state index in [1.54, 1.807) is 24.3 Å². The summed E-state index contributed by atoms with van der Waals surface area (Å²) in [6.07, 6.45) is 0. The number of nitrogens with one attached hydrogen (secondary N) is 1. The molecule has 0 atom stereocenters. The Kier molecular flexibility index (Phi) is 3.91. The van der Waals surface area contributed by atoms with Crippen LogP contribution in [-0.2, 0) is 11.3 Å². The first-order valence-corrected chi connectivity index (χ1v) is 6.79. The summed E-state index contributed by atoms with van der Waals surface area (Å²) in [5.41, 5.74) is 3.40. The highest BCUT2D eigenvalue weighted by atomic mass is 16.5. The number of aromatic amines is 1. The number of aryl methyl sites for hydroxylation is 1. The molecule has 110 valence electrons. The van der Waals surface area contributed by atoms with Crippen LogP contribution >= 0.6 is 0 Å². The molecule has 0 spiro atoms. The Morgan fingerprint density at radius 2 is 1.82 bits per heavy atom. The molecule has 1 N–H and O–H groups in total. The van der Waals surface area contributed by atoms with Gasteiger partial charge in [0, 0.05) is 5.56 Å². The van der Waals surface area contributed by atoms with Crippen molar-refractivity contribution < 1.29 is 9.53 Å². The number of benzene rings is 2. The Balaban J connectivity index is 1.63. The summed E-state index contributed by atoms with van der Waals surface area (Å²) >= 11 is 0. The maximum atomic E-state index is 12.0. The second-order valence-electron chi connectivity index (χ2n) is 4.87. The number of hydrogen-bond acceptors (Lipinski definition) is 5. The third-order valence-corrected chi connectivity index (χ3v) is 3.21. The van der Waals surface area contributed by atoms with Gasteiger partial charge in [0.25, 0.3) is 0 Å². The fourth-order valence-electron chi connectivity index (χ4n) is 1.96. The first-order chi connectivity index (χ1) is 10.7. The monoisotopic (exact) mass is 294 g/mol. The zero-order valence-corrected chi connectivity index (χ0v) is 12.0. The van der Waals surface area contributed by atoms with Crippen molar-refractivity contribution in [2.75, 3.05) is 0 Å². The van der Waals surface area contributed by atoms with E-state index in [1.165, 1.54) is 5.56 Å². The predicted octanol–water partition coefficient (Wildman–Crippen LogP) is 2.53. The van der Waals surface area contributed by atoms with Crippen molar-refractivity contribution in [3.63, 3.8) is 0 Å². The maximum Gasteiger partial charge on any atom is 0.338 e. The lowest BCUT2D eigenvalue weighted by Crippen LogP contribution is -2.05. The van der Waals surface area contributed by atoms with Gasteiger partial charge in [-0.05, 0) is 29.8 Å². The quantitative estimate of drug-likeness (QED) is 0.748. The van der Waals surface area contributed by atoms with Gasteiger partial charge in [0.1, 0.15) is 6.61 Å². The van der Waals surface area contributed by atoms with Gasteiger partial charge in [0.15, 0.2) is 0 Å². The Labute approximate surface area is 127 Å². The Bertz CT molecular complexity index is 750. The third-order valence-electron chi connectivity index (χ3n) is 3.21. The van der Waals surface area contributed by atoms with E-state index in [2.05, 4.69) is 20.6 Å². The Morgan fingerprint density at radius 3 is 2.45 bits per heavy atom. The lowest BCUT2D eigenvalue weighted by Gasteiger charge is -2.05. The van der Waals surface area contributed by atoms with Gasteiger partial charge >= 0.3 is 5.97 Å². The van der Waals surface area contributed by atoms with Gasteiger partial charge in [-0.1, -0.05) is 42.0 Å². The predicted molar refractivity (Wildman–Crippen MR) is 79.9 cm³/mol. The van der Waals surface area contributed by atoms with Crippen molar-refractivity contribution in [2.24, 2.45) is 0 Å². The minimum atomic E-state index is -0.361. The number of carbonyl (C=O) groups excluding carboxylic acids is 1. The smallest absolute Gasteiger partial charge is 0.338 e. The summed E-state index contributed by atoms with van der Waals surface area (Å²) in [6.45, 7) is 2.27. The fourth-order valence-corrected chi connectivity index (χ4v) is 1.96. The molecule has 0 saturated carbocycles. The van der Waals surface area contributed by atoms with Crippen LogP contribution in [-0.4, -0.2) is 26.6 Å². The molecular formula is C16H14N4O2. The van der Waals surface area contributed by atoms with Crippen LogP contribution in [0.5, 0.6) is 0 Å². The second-order valence-corrected chi connectivity index (χ2v) is 4.87. The summed E-state index contributed by atoms with van der Waals surface area (Å²) in [5.74, 6) is 0.125. The molecule has 3 rings (SSSR count). The third kappa shape index (κ3) is 3.17. The Morgan fingerprint density at radius 1 is 1.09 bits per heavy atom. The van der Waals surface area contributed by atoms with E-state index in [9.17, 15) is 4.79 Å². The normalized spacial score (nSPS) is 10.4. The largest absolute Gasteiger partial charge is 0.457 e. The minimum Gasteiger partial charge on any atom is -0.457 e. The van der Waals surface area contributed by atoms with Gasteiger partial charge in [-0.25, -0.2) is 4.79 Å². The van der Waals surface area contributed by atoms with Crippen molar-refractivity contribution in [3.8, 4) is 11.4 Å². The van der Waals surface area contributed by atoms with Gasteiger partial charge in [-0.2, -0.15) is 5.21 Å². The number of carbonyl (C=O) groups is 1. The number of nitrogens with zero attached hydrogens (tertiary/aromatic N) is 3. The molecule has 0 saturated heterocycles. The molecule has 3 aromatic rings. The maximum absolute atomic E-state index is 12.0. The molecular weight excluding hydrogens is 280 g/mol. The standard InChI is InChI=1S/C16H14N4O2/c1-11-2-4-12(5-3-11)10-22-16(21)14-8-6-13(7-9-14)15-17-19-20-18-15/h2-9H,10H2,1H3,(H,17,18,19,20). The van der Waals surface area contributed by atoms with E-state index in [1.807, 2.05) is 31.2 Å². The number of esters is 1. The zero-order chi connectivity index (χ0) is 15.4. The van der Waals surface area contributed by atoms with E-state index in [-0.39, 0.29) is 12.6 Å². The molecule has 6 nitrogen and oxygen atoms in total. The van der Waals surface area contributed by atoms with Crippen LogP contribution in [0.2, 0.25) is 0 Å².